The minimum Gasteiger partial charge on any atom is -0.368 e. The van der Waals surface area contributed by atoms with E-state index in [1.807, 2.05) is 45.0 Å². The van der Waals surface area contributed by atoms with Gasteiger partial charge in [0, 0.05) is 29.3 Å². The zero-order valence-electron chi connectivity index (χ0n) is 12.4. The second-order valence-electron chi connectivity index (χ2n) is 5.86. The van der Waals surface area contributed by atoms with Crippen molar-refractivity contribution in [2.24, 2.45) is 0 Å². The van der Waals surface area contributed by atoms with E-state index in [0.29, 0.717) is 23.9 Å². The van der Waals surface area contributed by atoms with E-state index in [2.05, 4.69) is 20.8 Å². The van der Waals surface area contributed by atoms with Crippen LogP contribution in [0.25, 0.3) is 10.8 Å². The molecule has 2 N–H and O–H groups in total. The molecule has 0 aliphatic rings. The molecule has 1 aromatic heterocycles. The van der Waals surface area contributed by atoms with Gasteiger partial charge in [-0.05, 0) is 20.8 Å². The van der Waals surface area contributed by atoms with Crippen molar-refractivity contribution in [2.75, 3.05) is 11.9 Å². The summed E-state index contributed by atoms with van der Waals surface area (Å²) in [5, 5.41) is 16.1. The number of hydrogen-bond acceptors (Lipinski definition) is 4. The second kappa shape index (κ2) is 6.26. The van der Waals surface area contributed by atoms with E-state index < -0.39 is 0 Å². The van der Waals surface area contributed by atoms with Crippen LogP contribution < -0.4 is 10.6 Å². The monoisotopic (exact) mass is 306 g/mol. The molecule has 0 bridgehead atoms. The van der Waals surface area contributed by atoms with E-state index in [4.69, 9.17) is 11.6 Å². The fourth-order valence-electron chi connectivity index (χ4n) is 1.98. The van der Waals surface area contributed by atoms with Gasteiger partial charge in [-0.1, -0.05) is 35.9 Å². The van der Waals surface area contributed by atoms with Crippen molar-refractivity contribution in [1.82, 2.24) is 15.5 Å². The van der Waals surface area contributed by atoms with Crippen LogP contribution in [0.15, 0.2) is 24.3 Å². The molecule has 0 atom stereocenters. The number of carbonyl (C=O) groups excluding carboxylic acids is 1. The zero-order chi connectivity index (χ0) is 15.5. The number of carbonyl (C=O) groups is 1. The Bertz CT molecular complexity index is 652. The lowest BCUT2D eigenvalue weighted by Crippen LogP contribution is -2.41. The average Bonchev–Trinajstić information content (AvgIpc) is 2.40. The van der Waals surface area contributed by atoms with Crippen LogP contribution >= 0.6 is 11.6 Å². The minimum absolute atomic E-state index is 0.00114. The molecule has 0 aliphatic heterocycles. The fraction of sp³-hybridized carbons (Fsp3) is 0.400. The van der Waals surface area contributed by atoms with Gasteiger partial charge in [-0.15, -0.1) is 10.2 Å². The Hall–Kier alpha value is -1.88. The maximum absolute atomic E-state index is 11.8. The molecule has 0 unspecified atom stereocenters. The van der Waals surface area contributed by atoms with Gasteiger partial charge in [0.15, 0.2) is 11.0 Å². The predicted molar refractivity (Wildman–Crippen MR) is 85.6 cm³/mol. The summed E-state index contributed by atoms with van der Waals surface area (Å²) < 4.78 is 0. The van der Waals surface area contributed by atoms with Crippen LogP contribution in [0.5, 0.6) is 0 Å². The normalized spacial score (nSPS) is 11.4. The van der Waals surface area contributed by atoms with Gasteiger partial charge in [-0.3, -0.25) is 4.79 Å². The number of hydrogen-bond donors (Lipinski definition) is 2. The van der Waals surface area contributed by atoms with Crippen molar-refractivity contribution >= 4 is 34.1 Å². The smallest absolute Gasteiger partial charge is 0.222 e. The molecule has 0 aliphatic carbocycles. The van der Waals surface area contributed by atoms with Crippen LogP contribution in [0.4, 0.5) is 5.82 Å². The Morgan fingerprint density at radius 2 is 1.86 bits per heavy atom. The first kappa shape index (κ1) is 15.5. The molecular weight excluding hydrogens is 288 g/mol. The molecule has 0 fully saturated rings. The number of fused-ring (bicyclic) bond motifs is 1. The third-order valence-corrected chi connectivity index (χ3v) is 3.08. The first-order valence-electron chi connectivity index (χ1n) is 6.82. The Balaban J connectivity index is 2.02. The van der Waals surface area contributed by atoms with E-state index in [-0.39, 0.29) is 11.4 Å². The second-order valence-corrected chi connectivity index (χ2v) is 6.22. The van der Waals surface area contributed by atoms with Gasteiger partial charge in [-0.25, -0.2) is 0 Å². The van der Waals surface area contributed by atoms with Crippen molar-refractivity contribution in [3.05, 3.63) is 29.4 Å². The highest BCUT2D eigenvalue weighted by Gasteiger charge is 2.13. The quantitative estimate of drug-likeness (QED) is 0.911. The molecule has 5 nitrogen and oxygen atoms in total. The Morgan fingerprint density at radius 3 is 2.52 bits per heavy atom. The first-order valence-corrected chi connectivity index (χ1v) is 7.20. The van der Waals surface area contributed by atoms with Gasteiger partial charge < -0.3 is 10.6 Å². The lowest BCUT2D eigenvalue weighted by molar-refractivity contribution is -0.122. The molecule has 2 aromatic rings. The summed E-state index contributed by atoms with van der Waals surface area (Å²) >= 11 is 6.02. The average molecular weight is 307 g/mol. The summed E-state index contributed by atoms with van der Waals surface area (Å²) in [6, 6.07) is 7.63. The SMILES string of the molecule is CC(C)(C)NC(=O)CCNc1nnc(Cl)c2ccccc12. The van der Waals surface area contributed by atoms with Crippen molar-refractivity contribution in [3.8, 4) is 0 Å². The number of nitrogens with one attached hydrogen (secondary N) is 2. The van der Waals surface area contributed by atoms with Crippen LogP contribution in [0.2, 0.25) is 5.15 Å². The summed E-state index contributed by atoms with van der Waals surface area (Å²) in [6.07, 6.45) is 0.371. The molecule has 1 aromatic carbocycles. The first-order chi connectivity index (χ1) is 9.87. The largest absolute Gasteiger partial charge is 0.368 e. The van der Waals surface area contributed by atoms with Crippen molar-refractivity contribution in [2.45, 2.75) is 32.7 Å². The molecule has 0 saturated heterocycles. The number of aromatic nitrogens is 2. The topological polar surface area (TPSA) is 66.9 Å². The fourth-order valence-corrected chi connectivity index (χ4v) is 2.18. The Labute approximate surface area is 129 Å². The van der Waals surface area contributed by atoms with Gasteiger partial charge in [-0.2, -0.15) is 0 Å². The van der Waals surface area contributed by atoms with E-state index in [9.17, 15) is 4.79 Å². The number of anilines is 1. The maximum atomic E-state index is 11.8. The van der Waals surface area contributed by atoms with Gasteiger partial charge in [0.1, 0.15) is 0 Å². The molecule has 1 amide bonds. The lowest BCUT2D eigenvalue weighted by Gasteiger charge is -2.20. The summed E-state index contributed by atoms with van der Waals surface area (Å²) in [5.41, 5.74) is -0.218. The molecule has 2 rings (SSSR count). The van der Waals surface area contributed by atoms with E-state index in [0.717, 1.165) is 10.8 Å². The zero-order valence-corrected chi connectivity index (χ0v) is 13.2. The highest BCUT2D eigenvalue weighted by molar-refractivity contribution is 6.34. The summed E-state index contributed by atoms with van der Waals surface area (Å²) in [4.78, 5) is 11.8. The van der Waals surface area contributed by atoms with Crippen LogP contribution in [0.1, 0.15) is 27.2 Å². The van der Waals surface area contributed by atoms with Crippen molar-refractivity contribution in [1.29, 1.82) is 0 Å². The Kier molecular flexibility index (Phi) is 4.63. The molecule has 6 heteroatoms. The molecule has 0 saturated carbocycles. The summed E-state index contributed by atoms with van der Waals surface area (Å²) in [7, 11) is 0. The summed E-state index contributed by atoms with van der Waals surface area (Å²) in [5.74, 6) is 0.639. The van der Waals surface area contributed by atoms with Crippen LogP contribution in [-0.2, 0) is 4.79 Å². The Morgan fingerprint density at radius 1 is 1.19 bits per heavy atom. The molecule has 21 heavy (non-hydrogen) atoms. The van der Waals surface area contributed by atoms with Gasteiger partial charge in [0.05, 0.1) is 0 Å². The highest BCUT2D eigenvalue weighted by Crippen LogP contribution is 2.25. The van der Waals surface area contributed by atoms with Crippen LogP contribution in [0, 0.1) is 0 Å². The molecule has 112 valence electrons. The summed E-state index contributed by atoms with van der Waals surface area (Å²) in [6.45, 7) is 6.35. The number of halogens is 1. The number of nitrogens with zero attached hydrogens (tertiary/aromatic N) is 2. The molecule has 1 heterocycles. The number of benzene rings is 1. The third-order valence-electron chi connectivity index (χ3n) is 2.80. The van der Waals surface area contributed by atoms with Crippen LogP contribution in [-0.4, -0.2) is 28.2 Å². The van der Waals surface area contributed by atoms with Gasteiger partial charge >= 0.3 is 0 Å². The predicted octanol–water partition coefficient (Wildman–Crippen LogP) is 3.00. The van der Waals surface area contributed by atoms with Crippen LogP contribution in [0.3, 0.4) is 0 Å². The van der Waals surface area contributed by atoms with Crippen molar-refractivity contribution < 1.29 is 4.79 Å². The highest BCUT2D eigenvalue weighted by atomic mass is 35.5. The third kappa shape index (κ3) is 4.29. The molecule has 0 spiro atoms. The molecule has 0 radical (unpaired) electrons. The van der Waals surface area contributed by atoms with E-state index in [1.165, 1.54) is 0 Å². The van der Waals surface area contributed by atoms with Gasteiger partial charge in [0.25, 0.3) is 0 Å². The minimum atomic E-state index is -0.218. The maximum Gasteiger partial charge on any atom is 0.222 e. The lowest BCUT2D eigenvalue weighted by atomic mass is 10.1. The van der Waals surface area contributed by atoms with E-state index in [1.54, 1.807) is 0 Å². The van der Waals surface area contributed by atoms with E-state index >= 15 is 0 Å². The molecular formula is C15H19ClN4O. The number of amides is 1. The van der Waals surface area contributed by atoms with Gasteiger partial charge in [0.2, 0.25) is 5.91 Å². The van der Waals surface area contributed by atoms with Crippen molar-refractivity contribution in [3.63, 3.8) is 0 Å². The standard InChI is InChI=1S/C15H19ClN4O/c1-15(2,3)18-12(21)8-9-17-14-11-7-5-4-6-10(11)13(16)19-20-14/h4-7H,8-9H2,1-3H3,(H,17,20)(H,18,21). The number of rotatable bonds is 4.